The fourth-order valence-corrected chi connectivity index (χ4v) is 5.31. The largest absolute Gasteiger partial charge is 0.486 e. The normalized spacial score (nSPS) is 30.8. The molecule has 1 saturated heterocycles. The average molecular weight is 305 g/mol. The molecule has 0 aliphatic carbocycles. The van der Waals surface area contributed by atoms with E-state index in [0.717, 1.165) is 30.9 Å². The number of nitrogens with one attached hydrogen (secondary N) is 1. The molecule has 1 aromatic rings. The summed E-state index contributed by atoms with van der Waals surface area (Å²) in [7, 11) is 0. The Labute approximate surface area is 133 Å². The molecule has 2 unspecified atom stereocenters. The third kappa shape index (κ3) is 3.09. The number of fused-ring (bicyclic) bond motifs is 1. The van der Waals surface area contributed by atoms with Crippen molar-refractivity contribution in [2.45, 2.75) is 52.2 Å². The highest BCUT2D eigenvalue weighted by atomic mass is 32.2. The van der Waals surface area contributed by atoms with Gasteiger partial charge in [-0.05, 0) is 37.1 Å². The van der Waals surface area contributed by atoms with Crippen LogP contribution in [0.25, 0.3) is 0 Å². The van der Waals surface area contributed by atoms with Crippen molar-refractivity contribution < 1.29 is 4.74 Å². The van der Waals surface area contributed by atoms with Crippen LogP contribution in [0.15, 0.2) is 18.2 Å². The van der Waals surface area contributed by atoms with Crippen LogP contribution in [0.5, 0.6) is 5.75 Å². The van der Waals surface area contributed by atoms with E-state index in [4.69, 9.17) is 4.74 Å². The summed E-state index contributed by atoms with van der Waals surface area (Å²) in [4.78, 5) is 0. The molecule has 2 nitrogen and oxygen atoms in total. The molecule has 0 amide bonds. The van der Waals surface area contributed by atoms with Crippen LogP contribution in [-0.4, -0.2) is 23.7 Å². The highest BCUT2D eigenvalue weighted by Gasteiger charge is 2.46. The first kappa shape index (κ1) is 15.2. The first-order valence-electron chi connectivity index (χ1n) is 8.04. The molecule has 0 aromatic heterocycles. The van der Waals surface area contributed by atoms with Crippen LogP contribution in [0.1, 0.15) is 50.8 Å². The number of aryl methyl sites for hydroxylation is 1. The zero-order valence-corrected chi connectivity index (χ0v) is 14.5. The second-order valence-corrected chi connectivity index (χ2v) is 8.46. The first-order chi connectivity index (χ1) is 9.93. The molecule has 2 atom stereocenters. The first-order valence-corrected chi connectivity index (χ1v) is 9.19. The van der Waals surface area contributed by atoms with Crippen molar-refractivity contribution in [2.24, 2.45) is 5.41 Å². The van der Waals surface area contributed by atoms with Gasteiger partial charge in [0.2, 0.25) is 0 Å². The Bertz CT molecular complexity index is 528. The summed E-state index contributed by atoms with van der Waals surface area (Å²) < 4.78 is 6.57. The predicted octanol–water partition coefficient (Wildman–Crippen LogP) is 4.33. The molecule has 0 saturated carbocycles. The molecule has 1 fully saturated rings. The van der Waals surface area contributed by atoms with Gasteiger partial charge in [-0.1, -0.05) is 38.5 Å². The summed E-state index contributed by atoms with van der Waals surface area (Å²) in [5.74, 6) is 3.45. The van der Waals surface area contributed by atoms with Gasteiger partial charge >= 0.3 is 0 Å². The van der Waals surface area contributed by atoms with Crippen molar-refractivity contribution in [2.75, 3.05) is 18.1 Å². The molecule has 1 aromatic carbocycles. The molecule has 3 rings (SSSR count). The van der Waals surface area contributed by atoms with Gasteiger partial charge in [-0.2, -0.15) is 11.8 Å². The number of benzene rings is 1. The van der Waals surface area contributed by atoms with Crippen molar-refractivity contribution in [1.29, 1.82) is 0 Å². The molecule has 0 bridgehead atoms. The summed E-state index contributed by atoms with van der Waals surface area (Å²) in [5, 5.41) is 3.68. The summed E-state index contributed by atoms with van der Waals surface area (Å²) in [6, 6.07) is 7.05. The Morgan fingerprint density at radius 1 is 1.33 bits per heavy atom. The second kappa shape index (κ2) is 5.51. The smallest absolute Gasteiger partial charge is 0.124 e. The van der Waals surface area contributed by atoms with E-state index in [9.17, 15) is 0 Å². The van der Waals surface area contributed by atoms with Crippen molar-refractivity contribution >= 4 is 11.8 Å². The number of hydrogen-bond donors (Lipinski definition) is 1. The van der Waals surface area contributed by atoms with Gasteiger partial charge in [0.25, 0.3) is 0 Å². The fraction of sp³-hybridized carbons (Fsp3) is 0.667. The van der Waals surface area contributed by atoms with Crippen molar-refractivity contribution in [3.05, 3.63) is 29.3 Å². The minimum Gasteiger partial charge on any atom is -0.486 e. The minimum absolute atomic E-state index is 0.00150. The lowest BCUT2D eigenvalue weighted by molar-refractivity contribution is 0.0121. The molecule has 2 heterocycles. The Morgan fingerprint density at radius 2 is 2.14 bits per heavy atom. The molecule has 2 aliphatic rings. The van der Waals surface area contributed by atoms with E-state index in [1.165, 1.54) is 16.9 Å². The SMILES string of the molecule is CCNC1CC2(CSCC(C)(C)C2)Oc2ccc(C)cc21. The molecule has 116 valence electrons. The lowest BCUT2D eigenvalue weighted by Crippen LogP contribution is -2.51. The number of ether oxygens (including phenoxy) is 1. The molecular weight excluding hydrogens is 278 g/mol. The minimum atomic E-state index is 0.00150. The van der Waals surface area contributed by atoms with E-state index in [0.29, 0.717) is 11.5 Å². The molecule has 2 aliphatic heterocycles. The Morgan fingerprint density at radius 3 is 2.86 bits per heavy atom. The standard InChI is InChI=1S/C18H27NOS/c1-5-19-15-9-18(10-17(3,4)11-21-12-18)20-16-7-6-13(2)8-14(15)16/h6-8,15,19H,5,9-12H2,1-4H3. The van der Waals surface area contributed by atoms with E-state index >= 15 is 0 Å². The molecule has 21 heavy (non-hydrogen) atoms. The van der Waals surface area contributed by atoms with Gasteiger partial charge in [0, 0.05) is 23.8 Å². The Balaban J connectivity index is 1.95. The van der Waals surface area contributed by atoms with Crippen molar-refractivity contribution in [3.8, 4) is 5.75 Å². The van der Waals surface area contributed by atoms with Crippen LogP contribution in [0.3, 0.4) is 0 Å². The zero-order valence-electron chi connectivity index (χ0n) is 13.7. The van der Waals surface area contributed by atoms with Crippen molar-refractivity contribution in [3.63, 3.8) is 0 Å². The quantitative estimate of drug-likeness (QED) is 0.878. The van der Waals surface area contributed by atoms with Crippen LogP contribution < -0.4 is 10.1 Å². The molecule has 1 spiro atoms. The van der Waals surface area contributed by atoms with Crippen molar-refractivity contribution in [1.82, 2.24) is 5.32 Å². The zero-order chi connectivity index (χ0) is 15.1. The summed E-state index contributed by atoms with van der Waals surface area (Å²) in [6.45, 7) is 10.1. The van der Waals surface area contributed by atoms with Crippen LogP contribution in [0.4, 0.5) is 0 Å². The summed E-state index contributed by atoms with van der Waals surface area (Å²) in [6.07, 6.45) is 2.25. The van der Waals surface area contributed by atoms with Gasteiger partial charge in [0.1, 0.15) is 11.4 Å². The summed E-state index contributed by atoms with van der Waals surface area (Å²) >= 11 is 2.05. The van der Waals surface area contributed by atoms with Gasteiger partial charge in [0.05, 0.1) is 0 Å². The van der Waals surface area contributed by atoms with E-state index in [1.54, 1.807) is 0 Å². The maximum Gasteiger partial charge on any atom is 0.124 e. The fourth-order valence-electron chi connectivity index (χ4n) is 3.90. The topological polar surface area (TPSA) is 21.3 Å². The highest BCUT2D eigenvalue weighted by Crippen LogP contribution is 2.49. The molecule has 0 radical (unpaired) electrons. The van der Waals surface area contributed by atoms with Crippen LogP contribution >= 0.6 is 11.8 Å². The second-order valence-electron chi connectivity index (χ2n) is 7.47. The lowest BCUT2D eigenvalue weighted by Gasteiger charge is -2.49. The maximum absolute atomic E-state index is 6.57. The molecule has 3 heteroatoms. The van der Waals surface area contributed by atoms with Crippen LogP contribution in [0.2, 0.25) is 0 Å². The van der Waals surface area contributed by atoms with Gasteiger partial charge < -0.3 is 10.1 Å². The maximum atomic E-state index is 6.57. The number of rotatable bonds is 2. The average Bonchev–Trinajstić information content (AvgIpc) is 2.39. The van der Waals surface area contributed by atoms with Gasteiger partial charge in [-0.3, -0.25) is 0 Å². The predicted molar refractivity (Wildman–Crippen MR) is 91.3 cm³/mol. The Hall–Kier alpha value is -0.670. The van der Waals surface area contributed by atoms with Gasteiger partial charge in [0.15, 0.2) is 0 Å². The Kier molecular flexibility index (Phi) is 4.00. The van der Waals surface area contributed by atoms with Gasteiger partial charge in [-0.25, -0.2) is 0 Å². The molecule has 1 N–H and O–H groups in total. The third-order valence-electron chi connectivity index (χ3n) is 4.55. The van der Waals surface area contributed by atoms with E-state index in [2.05, 4.69) is 63.0 Å². The third-order valence-corrected chi connectivity index (χ3v) is 6.27. The van der Waals surface area contributed by atoms with Crippen LogP contribution in [0, 0.1) is 12.3 Å². The van der Waals surface area contributed by atoms with Crippen LogP contribution in [-0.2, 0) is 0 Å². The van der Waals surface area contributed by atoms with Gasteiger partial charge in [-0.15, -0.1) is 0 Å². The lowest BCUT2D eigenvalue weighted by atomic mass is 9.76. The molecular formula is C18H27NOS. The van der Waals surface area contributed by atoms with E-state index < -0.39 is 0 Å². The van der Waals surface area contributed by atoms with E-state index in [-0.39, 0.29) is 5.60 Å². The summed E-state index contributed by atoms with van der Waals surface area (Å²) in [5.41, 5.74) is 3.02. The number of thioether (sulfide) groups is 1. The highest BCUT2D eigenvalue weighted by molar-refractivity contribution is 7.99. The monoisotopic (exact) mass is 305 g/mol. The number of hydrogen-bond acceptors (Lipinski definition) is 3. The van der Waals surface area contributed by atoms with E-state index in [1.807, 2.05) is 0 Å².